The molecule has 0 spiro atoms. The van der Waals surface area contributed by atoms with Gasteiger partial charge in [0.25, 0.3) is 10.2 Å². The predicted octanol–water partition coefficient (Wildman–Crippen LogP) is 0.651. The van der Waals surface area contributed by atoms with E-state index < -0.39 is 10.2 Å². The Labute approximate surface area is 137 Å². The molecular formula is C14H25N5O3S. The Bertz CT molecular complexity index is 616. The lowest BCUT2D eigenvalue weighted by molar-refractivity contribution is 0.159. The molecule has 0 bridgehead atoms. The third-order valence-corrected chi connectivity index (χ3v) is 6.44. The van der Waals surface area contributed by atoms with Crippen LogP contribution in [0.2, 0.25) is 0 Å². The van der Waals surface area contributed by atoms with E-state index in [0.717, 1.165) is 18.7 Å². The van der Waals surface area contributed by atoms with E-state index in [1.165, 1.54) is 0 Å². The Morgan fingerprint density at radius 2 is 1.65 bits per heavy atom. The van der Waals surface area contributed by atoms with Crippen molar-refractivity contribution in [1.82, 2.24) is 23.7 Å². The van der Waals surface area contributed by atoms with Gasteiger partial charge in [0.1, 0.15) is 0 Å². The van der Waals surface area contributed by atoms with Gasteiger partial charge < -0.3 is 4.52 Å². The molecule has 2 fully saturated rings. The van der Waals surface area contributed by atoms with Crippen LogP contribution in [0.4, 0.5) is 0 Å². The first kappa shape index (κ1) is 16.8. The summed E-state index contributed by atoms with van der Waals surface area (Å²) >= 11 is 0. The molecule has 2 saturated heterocycles. The van der Waals surface area contributed by atoms with E-state index in [9.17, 15) is 8.42 Å². The first-order chi connectivity index (χ1) is 11.0. The lowest BCUT2D eigenvalue weighted by Gasteiger charge is -2.35. The van der Waals surface area contributed by atoms with E-state index in [-0.39, 0.29) is 5.92 Å². The molecule has 130 valence electrons. The molecular weight excluding hydrogens is 318 g/mol. The van der Waals surface area contributed by atoms with Crippen molar-refractivity contribution in [1.29, 1.82) is 0 Å². The molecule has 0 atom stereocenters. The van der Waals surface area contributed by atoms with Gasteiger partial charge in [-0.3, -0.25) is 4.90 Å². The molecule has 0 amide bonds. The quantitative estimate of drug-likeness (QED) is 0.781. The molecule has 3 rings (SSSR count). The largest absolute Gasteiger partial charge is 0.338 e. The summed E-state index contributed by atoms with van der Waals surface area (Å²) in [6.45, 7) is 8.35. The second-order valence-corrected chi connectivity index (χ2v) is 8.42. The number of hydrogen-bond donors (Lipinski definition) is 0. The van der Waals surface area contributed by atoms with Crippen LogP contribution in [0, 0.1) is 0 Å². The monoisotopic (exact) mass is 343 g/mol. The topological polar surface area (TPSA) is 82.8 Å². The third-order valence-electron chi connectivity index (χ3n) is 4.41. The Hall–Kier alpha value is -1.03. The van der Waals surface area contributed by atoms with Crippen LogP contribution in [-0.2, 0) is 16.8 Å². The molecule has 1 aromatic heterocycles. The number of piperazine rings is 1. The van der Waals surface area contributed by atoms with Gasteiger partial charge in [-0.15, -0.1) is 0 Å². The van der Waals surface area contributed by atoms with Gasteiger partial charge in [-0.05, 0) is 12.8 Å². The van der Waals surface area contributed by atoms with Crippen LogP contribution in [0.1, 0.15) is 44.3 Å². The van der Waals surface area contributed by atoms with Crippen LogP contribution in [-0.4, -0.2) is 71.3 Å². The minimum atomic E-state index is -3.28. The van der Waals surface area contributed by atoms with Crippen molar-refractivity contribution < 1.29 is 12.9 Å². The SMILES string of the molecule is CC(C)c1noc(CN2CCN(S(=O)(=O)N3CCCC3)CC2)n1. The maximum absolute atomic E-state index is 12.5. The Morgan fingerprint density at radius 3 is 2.22 bits per heavy atom. The van der Waals surface area contributed by atoms with E-state index in [1.807, 2.05) is 13.8 Å². The maximum atomic E-state index is 12.5. The van der Waals surface area contributed by atoms with E-state index in [2.05, 4.69) is 15.0 Å². The summed E-state index contributed by atoms with van der Waals surface area (Å²) in [4.78, 5) is 6.54. The van der Waals surface area contributed by atoms with E-state index in [1.54, 1.807) is 8.61 Å². The second-order valence-electron chi connectivity index (χ2n) is 6.49. The Morgan fingerprint density at radius 1 is 1.04 bits per heavy atom. The van der Waals surface area contributed by atoms with Crippen molar-refractivity contribution in [2.75, 3.05) is 39.3 Å². The molecule has 1 aromatic rings. The molecule has 9 heteroatoms. The first-order valence-electron chi connectivity index (χ1n) is 8.27. The van der Waals surface area contributed by atoms with E-state index >= 15 is 0 Å². The van der Waals surface area contributed by atoms with Crippen molar-refractivity contribution in [3.05, 3.63) is 11.7 Å². The van der Waals surface area contributed by atoms with Crippen LogP contribution in [0.3, 0.4) is 0 Å². The van der Waals surface area contributed by atoms with Crippen molar-refractivity contribution >= 4 is 10.2 Å². The van der Waals surface area contributed by atoms with Gasteiger partial charge in [0.05, 0.1) is 6.54 Å². The molecule has 2 aliphatic rings. The fraction of sp³-hybridized carbons (Fsp3) is 0.857. The number of rotatable bonds is 5. The van der Waals surface area contributed by atoms with Gasteiger partial charge in [-0.2, -0.15) is 22.0 Å². The zero-order valence-electron chi connectivity index (χ0n) is 13.8. The minimum Gasteiger partial charge on any atom is -0.338 e. The molecule has 0 aliphatic carbocycles. The van der Waals surface area contributed by atoms with Crippen LogP contribution < -0.4 is 0 Å². The molecule has 8 nitrogen and oxygen atoms in total. The van der Waals surface area contributed by atoms with Crippen molar-refractivity contribution in [3.63, 3.8) is 0 Å². The van der Waals surface area contributed by atoms with Gasteiger partial charge >= 0.3 is 0 Å². The highest BCUT2D eigenvalue weighted by molar-refractivity contribution is 7.86. The summed E-state index contributed by atoms with van der Waals surface area (Å²) in [5.41, 5.74) is 0. The standard InChI is InChI=1S/C14H25N5O3S/c1-12(2)14-15-13(22-16-14)11-17-7-9-19(10-8-17)23(20,21)18-5-3-4-6-18/h12H,3-11H2,1-2H3. The number of hydrogen-bond acceptors (Lipinski definition) is 6. The minimum absolute atomic E-state index is 0.245. The fourth-order valence-corrected chi connectivity index (χ4v) is 4.63. The Balaban J connectivity index is 1.53. The van der Waals surface area contributed by atoms with Gasteiger partial charge in [-0.1, -0.05) is 19.0 Å². The molecule has 0 unspecified atom stereocenters. The molecule has 0 N–H and O–H groups in total. The average Bonchev–Trinajstić information content (AvgIpc) is 3.19. The number of nitrogens with zero attached hydrogens (tertiary/aromatic N) is 5. The molecule has 3 heterocycles. The second kappa shape index (κ2) is 6.84. The van der Waals surface area contributed by atoms with Crippen LogP contribution in [0.5, 0.6) is 0 Å². The predicted molar refractivity (Wildman–Crippen MR) is 85.0 cm³/mol. The lowest BCUT2D eigenvalue weighted by atomic mass is 10.2. The highest BCUT2D eigenvalue weighted by Gasteiger charge is 2.33. The van der Waals surface area contributed by atoms with Crippen molar-refractivity contribution in [2.24, 2.45) is 0 Å². The normalized spacial score (nSPS) is 22.2. The van der Waals surface area contributed by atoms with Crippen molar-refractivity contribution in [2.45, 2.75) is 39.2 Å². The molecule has 2 aliphatic heterocycles. The molecule has 0 radical (unpaired) electrons. The zero-order valence-corrected chi connectivity index (χ0v) is 14.6. The first-order valence-corrected chi connectivity index (χ1v) is 9.66. The summed E-state index contributed by atoms with van der Waals surface area (Å²) in [6, 6.07) is 0. The highest BCUT2D eigenvalue weighted by Crippen LogP contribution is 2.19. The van der Waals surface area contributed by atoms with Gasteiger partial charge in [0.2, 0.25) is 5.89 Å². The smallest absolute Gasteiger partial charge is 0.282 e. The third kappa shape index (κ3) is 3.73. The highest BCUT2D eigenvalue weighted by atomic mass is 32.2. The van der Waals surface area contributed by atoms with Crippen LogP contribution in [0.25, 0.3) is 0 Å². The lowest BCUT2D eigenvalue weighted by Crippen LogP contribution is -2.52. The van der Waals surface area contributed by atoms with E-state index in [0.29, 0.717) is 51.7 Å². The molecule has 0 saturated carbocycles. The van der Waals surface area contributed by atoms with Crippen LogP contribution >= 0.6 is 0 Å². The number of aromatic nitrogens is 2. The van der Waals surface area contributed by atoms with Gasteiger partial charge in [0, 0.05) is 45.2 Å². The van der Waals surface area contributed by atoms with Gasteiger partial charge in [0.15, 0.2) is 5.82 Å². The maximum Gasteiger partial charge on any atom is 0.282 e. The van der Waals surface area contributed by atoms with Crippen molar-refractivity contribution in [3.8, 4) is 0 Å². The van der Waals surface area contributed by atoms with E-state index in [4.69, 9.17) is 4.52 Å². The summed E-state index contributed by atoms with van der Waals surface area (Å²) < 4.78 is 33.5. The van der Waals surface area contributed by atoms with Crippen LogP contribution in [0.15, 0.2) is 4.52 Å². The molecule has 0 aromatic carbocycles. The summed E-state index contributed by atoms with van der Waals surface area (Å²) in [6.07, 6.45) is 1.93. The summed E-state index contributed by atoms with van der Waals surface area (Å²) in [5.74, 6) is 1.56. The summed E-state index contributed by atoms with van der Waals surface area (Å²) in [7, 11) is -3.28. The van der Waals surface area contributed by atoms with Gasteiger partial charge in [-0.25, -0.2) is 0 Å². The summed E-state index contributed by atoms with van der Waals surface area (Å²) in [5, 5.41) is 3.96. The molecule has 23 heavy (non-hydrogen) atoms. The average molecular weight is 343 g/mol. The Kier molecular flexibility index (Phi) is 5.00. The zero-order chi connectivity index (χ0) is 16.4. The fourth-order valence-electron chi connectivity index (χ4n) is 2.96.